The summed E-state index contributed by atoms with van der Waals surface area (Å²) in [6.07, 6.45) is -5.01. The number of hydrogen-bond acceptors (Lipinski definition) is 5. The summed E-state index contributed by atoms with van der Waals surface area (Å²) in [5, 5.41) is 9.81. The summed E-state index contributed by atoms with van der Waals surface area (Å²) in [4.78, 5) is 11.4. The number of aliphatic hydroxyl groups excluding tert-OH is 1. The molecule has 0 fully saturated rings. The number of ketones is 1. The average Bonchev–Trinajstić information content (AvgIpc) is 2.65. The van der Waals surface area contributed by atoms with Gasteiger partial charge in [0.15, 0.2) is 16.6 Å². The van der Waals surface area contributed by atoms with Crippen LogP contribution in [0.15, 0.2) is 12.1 Å². The molecule has 0 aromatic heterocycles. The van der Waals surface area contributed by atoms with Crippen molar-refractivity contribution in [2.24, 2.45) is 0 Å². The van der Waals surface area contributed by atoms with Gasteiger partial charge < -0.3 is 18.7 Å². The summed E-state index contributed by atoms with van der Waals surface area (Å²) in [6.45, 7) is 26.4. The van der Waals surface area contributed by atoms with E-state index in [1.165, 1.54) is 6.07 Å². The molecule has 0 aliphatic heterocycles. The first-order valence-electron chi connectivity index (χ1n) is 11.9. The minimum atomic E-state index is -5.01. The number of Topliss-reactive ketones (excluding diaryl/α,β-unsaturated/α-hetero) is 1. The number of aliphatic hydroxyl groups is 1. The van der Waals surface area contributed by atoms with E-state index >= 15 is 0 Å². The topological polar surface area (TPSA) is 65.0 Å². The van der Waals surface area contributed by atoms with E-state index in [4.69, 9.17) is 18.7 Å². The fourth-order valence-corrected chi connectivity index (χ4v) is 10.1. The van der Waals surface area contributed by atoms with Gasteiger partial charge in [-0.05, 0) is 56.2 Å². The molecule has 0 bridgehead atoms. The first-order chi connectivity index (χ1) is 15.6. The fraction of sp³-hybridized carbons (Fsp3) is 0.720. The zero-order chi connectivity index (χ0) is 28.0. The van der Waals surface area contributed by atoms with Gasteiger partial charge in [-0.15, -0.1) is 0 Å². The zero-order valence-electron chi connectivity index (χ0n) is 23.5. The van der Waals surface area contributed by atoms with Crippen molar-refractivity contribution in [3.8, 4) is 11.5 Å². The maximum Gasteiger partial charge on any atom is 0.455 e. The highest BCUT2D eigenvalue weighted by atomic mass is 28.4. The van der Waals surface area contributed by atoms with Crippen LogP contribution in [0.5, 0.6) is 11.5 Å². The van der Waals surface area contributed by atoms with Crippen LogP contribution in [0.3, 0.4) is 0 Å². The molecule has 1 N–H and O–H groups in total. The number of alkyl halides is 3. The Bertz CT molecular complexity index is 815. The fourth-order valence-electron chi connectivity index (χ4n) is 2.57. The third-order valence-corrected chi connectivity index (χ3v) is 17.9. The SMILES string of the molecule is CC(C)(C)[Si](C)(C)O[Si](C)(C)C(C)(C)C.CCOc1cc(OCC)c(C(=O)C(F)(F)F)cc1CO. The van der Waals surface area contributed by atoms with Crippen molar-refractivity contribution < 1.29 is 36.7 Å². The van der Waals surface area contributed by atoms with Gasteiger partial charge in [0.1, 0.15) is 11.5 Å². The Labute approximate surface area is 211 Å². The predicted molar refractivity (Wildman–Crippen MR) is 141 cm³/mol. The van der Waals surface area contributed by atoms with Crippen molar-refractivity contribution in [1.82, 2.24) is 0 Å². The predicted octanol–water partition coefficient (Wildman–Crippen LogP) is 7.73. The van der Waals surface area contributed by atoms with E-state index in [1.807, 2.05) is 0 Å². The monoisotopic (exact) mass is 538 g/mol. The number of carbonyl (C=O) groups excluding carboxylic acids is 1. The molecule has 1 rings (SSSR count). The molecule has 35 heavy (non-hydrogen) atoms. The van der Waals surface area contributed by atoms with E-state index in [1.54, 1.807) is 13.8 Å². The maximum atomic E-state index is 12.5. The highest BCUT2D eigenvalue weighted by Crippen LogP contribution is 2.44. The van der Waals surface area contributed by atoms with Crippen LogP contribution >= 0.6 is 0 Å². The van der Waals surface area contributed by atoms with Crippen LogP contribution in [0.4, 0.5) is 13.2 Å². The van der Waals surface area contributed by atoms with Crippen LogP contribution in [0.25, 0.3) is 0 Å². The van der Waals surface area contributed by atoms with Crippen LogP contribution in [0.2, 0.25) is 36.3 Å². The molecule has 0 aliphatic rings. The van der Waals surface area contributed by atoms with E-state index < -0.39 is 40.8 Å². The summed E-state index contributed by atoms with van der Waals surface area (Å²) in [7, 11) is -3.18. The second-order valence-corrected chi connectivity index (χ2v) is 21.3. The molecule has 1 aromatic carbocycles. The van der Waals surface area contributed by atoms with Gasteiger partial charge in [0.2, 0.25) is 0 Å². The van der Waals surface area contributed by atoms with Crippen LogP contribution in [-0.2, 0) is 10.7 Å². The van der Waals surface area contributed by atoms with Gasteiger partial charge in [-0.25, -0.2) is 0 Å². The second kappa shape index (κ2) is 12.2. The van der Waals surface area contributed by atoms with E-state index in [0.29, 0.717) is 10.1 Å². The van der Waals surface area contributed by atoms with Crippen molar-refractivity contribution in [3.05, 3.63) is 23.3 Å². The van der Waals surface area contributed by atoms with E-state index in [9.17, 15) is 18.0 Å². The smallest absolute Gasteiger partial charge is 0.455 e. The first-order valence-corrected chi connectivity index (χ1v) is 17.7. The molecule has 0 unspecified atom stereocenters. The van der Waals surface area contributed by atoms with Gasteiger partial charge in [-0.1, -0.05) is 41.5 Å². The van der Waals surface area contributed by atoms with Gasteiger partial charge >= 0.3 is 6.18 Å². The Morgan fingerprint density at radius 1 is 0.829 bits per heavy atom. The summed E-state index contributed by atoms with van der Waals surface area (Å²) in [5.41, 5.74) is -0.533. The van der Waals surface area contributed by atoms with Gasteiger partial charge in [-0.3, -0.25) is 4.79 Å². The summed E-state index contributed by atoms with van der Waals surface area (Å²) < 4.78 is 54.5. The molecule has 0 saturated heterocycles. The van der Waals surface area contributed by atoms with Gasteiger partial charge in [-0.2, -0.15) is 13.2 Å². The molecule has 0 atom stereocenters. The molecule has 0 radical (unpaired) electrons. The molecule has 204 valence electrons. The van der Waals surface area contributed by atoms with Crippen molar-refractivity contribution in [1.29, 1.82) is 0 Å². The van der Waals surface area contributed by atoms with E-state index in [0.717, 1.165) is 6.07 Å². The summed E-state index contributed by atoms with van der Waals surface area (Å²) in [5.74, 6) is -2.04. The van der Waals surface area contributed by atoms with Crippen molar-refractivity contribution >= 4 is 22.4 Å². The largest absolute Gasteiger partial charge is 0.493 e. The molecular weight excluding hydrogens is 493 g/mol. The third-order valence-electron chi connectivity index (χ3n) is 6.56. The van der Waals surface area contributed by atoms with Gasteiger partial charge in [0, 0.05) is 11.6 Å². The van der Waals surface area contributed by atoms with Crippen molar-refractivity contribution in [2.75, 3.05) is 13.2 Å². The lowest BCUT2D eigenvalue weighted by molar-refractivity contribution is -0.0886. The van der Waals surface area contributed by atoms with Crippen LogP contribution < -0.4 is 9.47 Å². The Morgan fingerprint density at radius 3 is 1.54 bits per heavy atom. The number of rotatable bonds is 8. The molecule has 0 aliphatic carbocycles. The normalized spacial score (nSPS) is 13.1. The lowest BCUT2D eigenvalue weighted by Gasteiger charge is -2.47. The molecule has 5 nitrogen and oxygen atoms in total. The molecule has 0 amide bonds. The Hall–Kier alpha value is -1.37. The lowest BCUT2D eigenvalue weighted by Crippen LogP contribution is -2.53. The zero-order valence-corrected chi connectivity index (χ0v) is 25.5. The average molecular weight is 539 g/mol. The Kier molecular flexibility index (Phi) is 11.8. The van der Waals surface area contributed by atoms with Crippen molar-refractivity contribution in [2.45, 2.75) is 104 Å². The third kappa shape index (κ3) is 9.55. The summed E-state index contributed by atoms with van der Waals surface area (Å²) >= 11 is 0. The van der Waals surface area contributed by atoms with E-state index in [-0.39, 0.29) is 30.3 Å². The van der Waals surface area contributed by atoms with E-state index in [2.05, 4.69) is 67.7 Å². The number of hydrogen-bond donors (Lipinski definition) is 1. The standard InChI is InChI=1S/C13H15F3O4.C12H30OSi2/c1-3-19-10-6-11(20-4-2)9(5-8(10)7-17)12(18)13(14,15)16;1-11(2,3)14(7,8)13-15(9,10)12(4,5)6/h5-6,17H,3-4,7H2,1-2H3;1-10H3. The first kappa shape index (κ1) is 33.6. The minimum Gasteiger partial charge on any atom is -0.493 e. The van der Waals surface area contributed by atoms with Crippen LogP contribution in [0.1, 0.15) is 71.3 Å². The quantitative estimate of drug-likeness (QED) is 0.271. The van der Waals surface area contributed by atoms with Gasteiger partial charge in [0.25, 0.3) is 5.78 Å². The minimum absolute atomic E-state index is 0.0994. The van der Waals surface area contributed by atoms with Crippen molar-refractivity contribution in [3.63, 3.8) is 0 Å². The number of benzene rings is 1. The number of halogens is 3. The lowest BCUT2D eigenvalue weighted by atomic mass is 10.0. The number of carbonyl (C=O) groups is 1. The molecule has 1 aromatic rings. The molecule has 0 saturated carbocycles. The van der Waals surface area contributed by atoms with Crippen LogP contribution in [0, 0.1) is 0 Å². The highest BCUT2D eigenvalue weighted by Gasteiger charge is 2.46. The molecule has 10 heteroatoms. The maximum absolute atomic E-state index is 12.5. The molecule has 0 heterocycles. The molecular formula is C25H45F3O5Si2. The Morgan fingerprint density at radius 2 is 1.23 bits per heavy atom. The van der Waals surface area contributed by atoms with Gasteiger partial charge in [0.05, 0.1) is 25.4 Å². The molecule has 0 spiro atoms. The highest BCUT2D eigenvalue weighted by molar-refractivity contribution is 6.87. The second-order valence-electron chi connectivity index (χ2n) is 11.4. The number of ether oxygens (including phenoxy) is 2. The Balaban J connectivity index is 0.000000691. The van der Waals surface area contributed by atoms with Crippen LogP contribution in [-0.4, -0.2) is 46.9 Å². The summed E-state index contributed by atoms with van der Waals surface area (Å²) in [6, 6.07) is 2.14.